The topological polar surface area (TPSA) is 45.8 Å². The van der Waals surface area contributed by atoms with Crippen LogP contribution in [0.25, 0.3) is 11.3 Å². The highest BCUT2D eigenvalue weighted by atomic mass is 79.9. The lowest BCUT2D eigenvalue weighted by Crippen LogP contribution is -2.08. The molecular weight excluding hydrogens is 279 g/mol. The van der Waals surface area contributed by atoms with Crippen LogP contribution in [0, 0.1) is 0 Å². The fraction of sp³-hybridized carbons (Fsp3) is 0. The van der Waals surface area contributed by atoms with Crippen LogP contribution in [0.3, 0.4) is 0 Å². The molecule has 0 fully saturated rings. The number of hydrogen-bond acceptors (Lipinski definition) is 2. The van der Waals surface area contributed by atoms with Crippen molar-refractivity contribution in [2.45, 2.75) is 0 Å². The van der Waals surface area contributed by atoms with Gasteiger partial charge < -0.3 is 0 Å². The normalized spacial score (nSPS) is 10.3. The molecule has 2 rings (SSSR count). The van der Waals surface area contributed by atoms with Crippen molar-refractivity contribution in [2.24, 2.45) is 0 Å². The van der Waals surface area contributed by atoms with Gasteiger partial charge in [-0.05, 0) is 34.1 Å². The molecule has 0 radical (unpaired) electrons. The van der Waals surface area contributed by atoms with E-state index in [-0.39, 0.29) is 5.56 Å². The number of nitrogens with one attached hydrogen (secondary N) is 1. The van der Waals surface area contributed by atoms with Crippen molar-refractivity contribution in [3.05, 3.63) is 50.2 Å². The summed E-state index contributed by atoms with van der Waals surface area (Å²) in [5.74, 6) is 0. The van der Waals surface area contributed by atoms with Gasteiger partial charge in [0.1, 0.15) is 0 Å². The van der Waals surface area contributed by atoms with Gasteiger partial charge in [0, 0.05) is 10.6 Å². The minimum absolute atomic E-state index is 0.249. The average Bonchev–Trinajstić information content (AvgIpc) is 2.22. The monoisotopic (exact) mass is 284 g/mol. The summed E-state index contributed by atoms with van der Waals surface area (Å²) in [7, 11) is 0. The van der Waals surface area contributed by atoms with E-state index in [4.69, 9.17) is 11.6 Å². The lowest BCUT2D eigenvalue weighted by atomic mass is 10.1. The molecular formula is C10H6BrClN2O. The molecule has 0 atom stereocenters. The second kappa shape index (κ2) is 4.16. The Morgan fingerprint density at radius 2 is 2.13 bits per heavy atom. The van der Waals surface area contributed by atoms with Crippen molar-refractivity contribution in [3.63, 3.8) is 0 Å². The maximum Gasteiger partial charge on any atom is 0.278 e. The van der Waals surface area contributed by atoms with Gasteiger partial charge in [0.2, 0.25) is 0 Å². The fourth-order valence-corrected chi connectivity index (χ4v) is 1.67. The molecule has 0 aliphatic rings. The molecule has 0 saturated carbocycles. The lowest BCUT2D eigenvalue weighted by Gasteiger charge is -2.00. The maximum absolute atomic E-state index is 11.1. The van der Waals surface area contributed by atoms with E-state index in [9.17, 15) is 4.79 Å². The third kappa shape index (κ3) is 2.27. The molecule has 0 spiro atoms. The number of rotatable bonds is 1. The summed E-state index contributed by atoms with van der Waals surface area (Å²) in [5.41, 5.74) is 1.28. The number of aromatic nitrogens is 2. The predicted molar refractivity (Wildman–Crippen MR) is 63.0 cm³/mol. The Morgan fingerprint density at radius 3 is 2.80 bits per heavy atom. The third-order valence-electron chi connectivity index (χ3n) is 1.88. The van der Waals surface area contributed by atoms with E-state index in [1.807, 2.05) is 12.1 Å². The van der Waals surface area contributed by atoms with Gasteiger partial charge in [-0.3, -0.25) is 4.79 Å². The highest BCUT2D eigenvalue weighted by Crippen LogP contribution is 2.21. The molecule has 1 aromatic carbocycles. The predicted octanol–water partition coefficient (Wildman–Crippen LogP) is 2.85. The number of aromatic amines is 1. The standard InChI is InChI=1S/C10H6BrClN2O/c11-8-5-9(13-14-10(8)15)6-2-1-3-7(12)4-6/h1-5H,(H,14,15). The summed E-state index contributed by atoms with van der Waals surface area (Å²) in [6.45, 7) is 0. The van der Waals surface area contributed by atoms with Gasteiger partial charge in [-0.2, -0.15) is 5.10 Å². The molecule has 76 valence electrons. The van der Waals surface area contributed by atoms with E-state index in [1.54, 1.807) is 18.2 Å². The molecule has 1 aromatic heterocycles. The van der Waals surface area contributed by atoms with Crippen LogP contribution in [0.4, 0.5) is 0 Å². The Labute approximate surface area is 99.2 Å². The summed E-state index contributed by atoms with van der Waals surface area (Å²) in [6, 6.07) is 8.93. The molecule has 1 N–H and O–H groups in total. The zero-order chi connectivity index (χ0) is 10.8. The van der Waals surface area contributed by atoms with Crippen LogP contribution in [0.1, 0.15) is 0 Å². The summed E-state index contributed by atoms with van der Waals surface area (Å²) >= 11 is 9.00. The van der Waals surface area contributed by atoms with Crippen molar-refractivity contribution in [1.82, 2.24) is 10.2 Å². The van der Waals surface area contributed by atoms with Crippen molar-refractivity contribution in [3.8, 4) is 11.3 Å². The van der Waals surface area contributed by atoms with Crippen LogP contribution < -0.4 is 5.56 Å². The molecule has 0 aliphatic heterocycles. The first kappa shape index (κ1) is 10.4. The Balaban J connectivity index is 2.55. The van der Waals surface area contributed by atoms with E-state index in [1.165, 1.54) is 0 Å². The molecule has 1 heterocycles. The van der Waals surface area contributed by atoms with Crippen LogP contribution in [0.15, 0.2) is 39.6 Å². The molecule has 3 nitrogen and oxygen atoms in total. The van der Waals surface area contributed by atoms with Crippen LogP contribution in [0.2, 0.25) is 5.02 Å². The second-order valence-electron chi connectivity index (χ2n) is 2.94. The summed E-state index contributed by atoms with van der Waals surface area (Å²) in [4.78, 5) is 11.1. The van der Waals surface area contributed by atoms with Crippen molar-refractivity contribution in [1.29, 1.82) is 0 Å². The second-order valence-corrected chi connectivity index (χ2v) is 4.23. The van der Waals surface area contributed by atoms with E-state index in [0.29, 0.717) is 15.2 Å². The zero-order valence-corrected chi connectivity index (χ0v) is 9.84. The average molecular weight is 286 g/mol. The summed E-state index contributed by atoms with van der Waals surface area (Å²) in [6.07, 6.45) is 0. The number of benzene rings is 1. The first-order chi connectivity index (χ1) is 7.16. The van der Waals surface area contributed by atoms with E-state index >= 15 is 0 Å². The first-order valence-electron chi connectivity index (χ1n) is 4.18. The Morgan fingerprint density at radius 1 is 1.33 bits per heavy atom. The number of H-pyrrole nitrogens is 1. The Bertz CT molecular complexity index is 553. The zero-order valence-electron chi connectivity index (χ0n) is 7.50. The molecule has 2 aromatic rings. The lowest BCUT2D eigenvalue weighted by molar-refractivity contribution is 0.985. The van der Waals surface area contributed by atoms with Gasteiger partial charge in [0.15, 0.2) is 0 Å². The van der Waals surface area contributed by atoms with Crippen LogP contribution in [0.5, 0.6) is 0 Å². The highest BCUT2D eigenvalue weighted by molar-refractivity contribution is 9.10. The molecule has 0 saturated heterocycles. The van der Waals surface area contributed by atoms with Gasteiger partial charge >= 0.3 is 0 Å². The Hall–Kier alpha value is -1.13. The molecule has 0 aliphatic carbocycles. The summed E-state index contributed by atoms with van der Waals surface area (Å²) in [5, 5.41) is 6.95. The highest BCUT2D eigenvalue weighted by Gasteiger charge is 2.03. The Kier molecular flexibility index (Phi) is 2.88. The molecule has 15 heavy (non-hydrogen) atoms. The number of hydrogen-bond donors (Lipinski definition) is 1. The maximum atomic E-state index is 11.1. The van der Waals surface area contributed by atoms with Crippen molar-refractivity contribution < 1.29 is 0 Å². The first-order valence-corrected chi connectivity index (χ1v) is 5.35. The smallest absolute Gasteiger partial charge is 0.267 e. The van der Waals surface area contributed by atoms with Gasteiger partial charge in [-0.25, -0.2) is 5.10 Å². The molecule has 0 unspecified atom stereocenters. The molecule has 0 amide bonds. The minimum atomic E-state index is -0.249. The van der Waals surface area contributed by atoms with Crippen LogP contribution in [-0.2, 0) is 0 Å². The van der Waals surface area contributed by atoms with Crippen LogP contribution >= 0.6 is 27.5 Å². The SMILES string of the molecule is O=c1[nH]nc(-c2cccc(Cl)c2)cc1Br. The van der Waals surface area contributed by atoms with Gasteiger partial charge in [-0.1, -0.05) is 23.7 Å². The molecule has 0 bridgehead atoms. The third-order valence-corrected chi connectivity index (χ3v) is 2.70. The quantitative estimate of drug-likeness (QED) is 0.876. The van der Waals surface area contributed by atoms with Crippen molar-refractivity contribution >= 4 is 27.5 Å². The number of nitrogens with zero attached hydrogens (tertiary/aromatic N) is 1. The van der Waals surface area contributed by atoms with E-state index < -0.39 is 0 Å². The van der Waals surface area contributed by atoms with E-state index in [0.717, 1.165) is 5.56 Å². The van der Waals surface area contributed by atoms with Gasteiger partial charge in [0.25, 0.3) is 5.56 Å². The fourth-order valence-electron chi connectivity index (χ4n) is 1.18. The van der Waals surface area contributed by atoms with E-state index in [2.05, 4.69) is 26.1 Å². The van der Waals surface area contributed by atoms with Gasteiger partial charge in [0.05, 0.1) is 10.2 Å². The number of halogens is 2. The summed E-state index contributed by atoms with van der Waals surface area (Å²) < 4.78 is 0.451. The largest absolute Gasteiger partial charge is 0.278 e. The van der Waals surface area contributed by atoms with Gasteiger partial charge in [-0.15, -0.1) is 0 Å². The molecule has 5 heteroatoms. The minimum Gasteiger partial charge on any atom is -0.267 e. The van der Waals surface area contributed by atoms with Crippen LogP contribution in [-0.4, -0.2) is 10.2 Å². The van der Waals surface area contributed by atoms with Crippen molar-refractivity contribution in [2.75, 3.05) is 0 Å².